The largest absolute Gasteiger partial charge is 0.490 e. The van der Waals surface area contributed by atoms with Crippen molar-refractivity contribution in [2.24, 2.45) is 11.8 Å². The van der Waals surface area contributed by atoms with Gasteiger partial charge in [0.05, 0.1) is 30.1 Å². The normalized spacial score (nSPS) is 28.7. The second kappa shape index (κ2) is 10.5. The molecule has 3 aliphatic rings. The second-order valence-corrected chi connectivity index (χ2v) is 11.1. The summed E-state index contributed by atoms with van der Waals surface area (Å²) in [5.41, 5.74) is -0.604. The molecule has 5 rings (SSSR count). The number of hydrogen-bond donors (Lipinski definition) is 1. The van der Waals surface area contributed by atoms with Crippen LogP contribution in [-0.4, -0.2) is 53.6 Å². The lowest BCUT2D eigenvalue weighted by Gasteiger charge is -2.40. The maximum atomic E-state index is 14.2. The third kappa shape index (κ3) is 6.14. The summed E-state index contributed by atoms with van der Waals surface area (Å²) >= 11 is 0. The molecule has 214 valence electrons. The fraction of sp³-hybridized carbons (Fsp3) is 0.607. The van der Waals surface area contributed by atoms with Gasteiger partial charge in [0, 0.05) is 19.6 Å². The number of carboxylic acids is 1. The maximum Gasteiger partial charge on any atom is 0.420 e. The monoisotopic (exact) mass is 559 g/mol. The van der Waals surface area contributed by atoms with Crippen LogP contribution in [-0.2, 0) is 22.3 Å². The van der Waals surface area contributed by atoms with Crippen molar-refractivity contribution in [2.75, 3.05) is 19.7 Å². The van der Waals surface area contributed by atoms with Gasteiger partial charge in [-0.15, -0.1) is 0 Å². The fourth-order valence-corrected chi connectivity index (χ4v) is 6.43. The van der Waals surface area contributed by atoms with E-state index in [0.717, 1.165) is 5.56 Å². The van der Waals surface area contributed by atoms with Gasteiger partial charge in [0.1, 0.15) is 11.3 Å². The van der Waals surface area contributed by atoms with Crippen molar-refractivity contribution in [3.63, 3.8) is 0 Å². The molecule has 1 spiro atoms. The Bertz CT molecular complexity index is 1210. The molecule has 2 aromatic carbocycles. The van der Waals surface area contributed by atoms with E-state index in [1.54, 1.807) is 18.2 Å². The molecule has 0 bridgehead atoms. The van der Waals surface area contributed by atoms with Crippen LogP contribution in [0.3, 0.4) is 0 Å². The Morgan fingerprint density at radius 1 is 1.05 bits per heavy atom. The van der Waals surface area contributed by atoms with Crippen LogP contribution in [0.5, 0.6) is 5.75 Å². The lowest BCUT2D eigenvalue weighted by molar-refractivity contribution is -0.185. The highest BCUT2D eigenvalue weighted by atomic mass is 19.4. The number of ether oxygens (including phenoxy) is 2. The molecule has 39 heavy (non-hydrogen) atoms. The van der Waals surface area contributed by atoms with Gasteiger partial charge in [-0.05, 0) is 73.4 Å². The number of nitrogens with zero attached hydrogens (tertiary/aromatic N) is 1. The lowest BCUT2D eigenvalue weighted by Crippen LogP contribution is -2.50. The van der Waals surface area contributed by atoms with E-state index in [-0.39, 0.29) is 36.8 Å². The van der Waals surface area contributed by atoms with Crippen molar-refractivity contribution in [2.45, 2.75) is 75.5 Å². The van der Waals surface area contributed by atoms with Crippen molar-refractivity contribution in [1.82, 2.24) is 4.90 Å². The standard InChI is InChI=1S/C28H31F6NO4/c29-27(30,31)20-3-5-21(6-4-20)39-23-8-2-18-13-17(1-7-22(18)24(23)28(32,33)34)15-35-11-12-38-26(16-35)10-9-19(14-26)25(36)37/h1-2,7-8,13,19-21H,3-6,9-12,14-16H2,(H,36,37)/t19?,20-,21+,26?. The van der Waals surface area contributed by atoms with Crippen molar-refractivity contribution in [1.29, 1.82) is 0 Å². The number of halogens is 6. The number of carbonyl (C=O) groups is 1. The summed E-state index contributed by atoms with van der Waals surface area (Å²) in [5, 5.41) is 9.73. The molecule has 0 aromatic heterocycles. The molecule has 2 aromatic rings. The number of morpholine rings is 1. The summed E-state index contributed by atoms with van der Waals surface area (Å²) in [7, 11) is 0. The SMILES string of the molecule is O=C(O)C1CCC2(C1)CN(Cc1ccc3c(C(F)(F)F)c(O[C@H]4CC[C@@H](C(F)(F)F)CC4)ccc3c1)CCO2. The third-order valence-electron chi connectivity index (χ3n) is 8.41. The van der Waals surface area contributed by atoms with Gasteiger partial charge in [-0.25, -0.2) is 0 Å². The van der Waals surface area contributed by atoms with Gasteiger partial charge in [0.15, 0.2) is 0 Å². The first kappa shape index (κ1) is 28.0. The van der Waals surface area contributed by atoms with Gasteiger partial charge in [-0.2, -0.15) is 26.3 Å². The van der Waals surface area contributed by atoms with Crippen molar-refractivity contribution >= 4 is 16.7 Å². The van der Waals surface area contributed by atoms with E-state index in [2.05, 4.69) is 4.90 Å². The van der Waals surface area contributed by atoms with E-state index in [9.17, 15) is 36.2 Å². The molecule has 0 radical (unpaired) electrons. The molecule has 1 heterocycles. The molecular formula is C28H31F6NO4. The van der Waals surface area contributed by atoms with Gasteiger partial charge in [0.2, 0.25) is 0 Å². The summed E-state index contributed by atoms with van der Waals surface area (Å²) < 4.78 is 93.1. The third-order valence-corrected chi connectivity index (χ3v) is 8.41. The first-order chi connectivity index (χ1) is 18.3. The summed E-state index contributed by atoms with van der Waals surface area (Å²) in [5.74, 6) is -3.05. The minimum atomic E-state index is -4.71. The van der Waals surface area contributed by atoms with Gasteiger partial charge >= 0.3 is 18.3 Å². The van der Waals surface area contributed by atoms with Crippen LogP contribution >= 0.6 is 0 Å². The van der Waals surface area contributed by atoms with Crippen LogP contribution in [0, 0.1) is 11.8 Å². The summed E-state index contributed by atoms with van der Waals surface area (Å²) in [6, 6.07) is 7.60. The number of alkyl halides is 6. The fourth-order valence-electron chi connectivity index (χ4n) is 6.43. The van der Waals surface area contributed by atoms with E-state index in [4.69, 9.17) is 9.47 Å². The van der Waals surface area contributed by atoms with Crippen LogP contribution in [0.25, 0.3) is 10.8 Å². The van der Waals surface area contributed by atoms with Crippen LogP contribution in [0.15, 0.2) is 30.3 Å². The van der Waals surface area contributed by atoms with Crippen molar-refractivity contribution in [3.05, 3.63) is 41.5 Å². The van der Waals surface area contributed by atoms with Crippen molar-refractivity contribution in [3.8, 4) is 5.75 Å². The number of benzene rings is 2. The molecule has 1 N–H and O–H groups in total. The lowest BCUT2D eigenvalue weighted by atomic mass is 9.87. The van der Waals surface area contributed by atoms with Gasteiger partial charge in [-0.1, -0.05) is 18.2 Å². The average molecular weight is 560 g/mol. The smallest absolute Gasteiger partial charge is 0.420 e. The van der Waals surface area contributed by atoms with E-state index >= 15 is 0 Å². The quantitative estimate of drug-likeness (QED) is 0.408. The highest BCUT2D eigenvalue weighted by molar-refractivity contribution is 5.89. The molecule has 1 saturated heterocycles. The molecule has 11 heteroatoms. The first-order valence-electron chi connectivity index (χ1n) is 13.3. The Hall–Kier alpha value is -2.53. The molecule has 2 unspecified atom stereocenters. The molecule has 2 saturated carbocycles. The topological polar surface area (TPSA) is 59.0 Å². The number of rotatable bonds is 5. The Labute approximate surface area is 222 Å². The Morgan fingerprint density at radius 2 is 1.79 bits per heavy atom. The van der Waals surface area contributed by atoms with Crippen LogP contribution in [0.4, 0.5) is 26.3 Å². The molecular weight excluding hydrogens is 528 g/mol. The number of carboxylic acid groups (broad SMARTS) is 1. The summed E-state index contributed by atoms with van der Waals surface area (Å²) in [4.78, 5) is 13.6. The predicted octanol–water partition coefficient (Wildman–Crippen LogP) is 6.81. The Kier molecular flexibility index (Phi) is 7.52. The van der Waals surface area contributed by atoms with Crippen LogP contribution in [0.1, 0.15) is 56.1 Å². The highest BCUT2D eigenvalue weighted by Crippen LogP contribution is 2.44. The second-order valence-electron chi connectivity index (χ2n) is 11.1. The molecule has 1 aliphatic heterocycles. The molecule has 5 nitrogen and oxygen atoms in total. The molecule has 2 atom stereocenters. The molecule has 2 aliphatic carbocycles. The van der Waals surface area contributed by atoms with Crippen LogP contribution < -0.4 is 4.74 Å². The Morgan fingerprint density at radius 3 is 2.44 bits per heavy atom. The Balaban J connectivity index is 1.32. The van der Waals surface area contributed by atoms with E-state index in [1.807, 2.05) is 0 Å². The maximum absolute atomic E-state index is 14.2. The zero-order valence-electron chi connectivity index (χ0n) is 21.3. The van der Waals surface area contributed by atoms with E-state index < -0.39 is 47.4 Å². The average Bonchev–Trinajstić information content (AvgIpc) is 3.26. The summed E-state index contributed by atoms with van der Waals surface area (Å²) in [6.07, 6.45) is -8.26. The van der Waals surface area contributed by atoms with Gasteiger partial charge in [0.25, 0.3) is 0 Å². The number of aliphatic carboxylic acids is 1. The predicted molar refractivity (Wildman–Crippen MR) is 130 cm³/mol. The van der Waals surface area contributed by atoms with Crippen molar-refractivity contribution < 1.29 is 45.7 Å². The minimum absolute atomic E-state index is 0.0220. The number of hydrogen-bond acceptors (Lipinski definition) is 4. The minimum Gasteiger partial charge on any atom is -0.490 e. The van der Waals surface area contributed by atoms with Crippen LogP contribution in [0.2, 0.25) is 0 Å². The molecule has 3 fully saturated rings. The van der Waals surface area contributed by atoms with Gasteiger partial charge < -0.3 is 14.6 Å². The van der Waals surface area contributed by atoms with E-state index in [1.165, 1.54) is 12.1 Å². The highest BCUT2D eigenvalue weighted by Gasteiger charge is 2.46. The zero-order valence-corrected chi connectivity index (χ0v) is 21.3. The summed E-state index contributed by atoms with van der Waals surface area (Å²) in [6.45, 7) is 2.14. The first-order valence-corrected chi connectivity index (χ1v) is 13.3. The van der Waals surface area contributed by atoms with Gasteiger partial charge in [-0.3, -0.25) is 9.69 Å². The van der Waals surface area contributed by atoms with E-state index in [0.29, 0.717) is 50.9 Å². The zero-order chi connectivity index (χ0) is 28.0. The number of fused-ring (bicyclic) bond motifs is 1. The molecule has 0 amide bonds.